The van der Waals surface area contributed by atoms with Gasteiger partial charge < -0.3 is 14.6 Å². The average Bonchev–Trinajstić information content (AvgIpc) is 2.96. The number of rotatable bonds is 5. The van der Waals surface area contributed by atoms with E-state index in [0.717, 1.165) is 5.69 Å². The van der Waals surface area contributed by atoms with Crippen LogP contribution in [0, 0.1) is 20.8 Å². The number of carbonyl (C=O) groups excluding carboxylic acids is 1. The van der Waals surface area contributed by atoms with Crippen molar-refractivity contribution in [3.05, 3.63) is 46.8 Å². The summed E-state index contributed by atoms with van der Waals surface area (Å²) >= 11 is 0. The molecule has 7 nitrogen and oxygen atoms in total. The molecular formula is C21H29N3O4S. The molecule has 0 bridgehead atoms. The first-order chi connectivity index (χ1) is 13.7. The number of nitrogens with one attached hydrogen (secondary N) is 1. The van der Waals surface area contributed by atoms with Crippen molar-refractivity contribution in [2.24, 2.45) is 0 Å². The number of aromatic nitrogens is 1. The highest BCUT2D eigenvalue weighted by atomic mass is 32.2. The molecule has 0 amide bonds. The van der Waals surface area contributed by atoms with Gasteiger partial charge in [-0.2, -0.15) is 4.31 Å². The van der Waals surface area contributed by atoms with E-state index in [4.69, 9.17) is 4.74 Å². The van der Waals surface area contributed by atoms with Gasteiger partial charge in [0.25, 0.3) is 0 Å². The van der Waals surface area contributed by atoms with Crippen molar-refractivity contribution in [3.63, 3.8) is 0 Å². The number of anilines is 1. The molecule has 1 fully saturated rings. The molecule has 1 aliphatic heterocycles. The smallest absolute Gasteiger partial charge is 0.355 e. The topological polar surface area (TPSA) is 82.7 Å². The zero-order chi connectivity index (χ0) is 21.3. The van der Waals surface area contributed by atoms with Crippen molar-refractivity contribution in [3.8, 4) is 0 Å². The first kappa shape index (κ1) is 21.4. The third-order valence-electron chi connectivity index (χ3n) is 5.37. The van der Waals surface area contributed by atoms with Gasteiger partial charge in [0.15, 0.2) is 0 Å². The Morgan fingerprint density at radius 1 is 1.24 bits per heavy atom. The Hall–Kier alpha value is -2.32. The van der Waals surface area contributed by atoms with Crippen molar-refractivity contribution in [2.45, 2.75) is 45.6 Å². The standard InChI is InChI=1S/C21H29N3O4S/c1-6-28-21(25)19-16(4)20(17(5)22-19)29(26,27)23-10-11-24(15(3)13-23)18-9-7-8-14(2)12-18/h7-9,12,15,22H,6,10-11,13H2,1-5H3/t15-/m1/s1. The Bertz CT molecular complexity index is 1010. The zero-order valence-corrected chi connectivity index (χ0v) is 18.5. The Labute approximate surface area is 172 Å². The van der Waals surface area contributed by atoms with Crippen LogP contribution < -0.4 is 4.90 Å². The summed E-state index contributed by atoms with van der Waals surface area (Å²) in [6.07, 6.45) is 0. The first-order valence-electron chi connectivity index (χ1n) is 9.86. The number of sulfonamides is 1. The number of carbonyl (C=O) groups is 1. The van der Waals surface area contributed by atoms with Crippen LogP contribution >= 0.6 is 0 Å². The normalized spacial score (nSPS) is 18.1. The van der Waals surface area contributed by atoms with E-state index in [1.165, 1.54) is 9.87 Å². The van der Waals surface area contributed by atoms with Gasteiger partial charge in [-0.05, 0) is 52.3 Å². The lowest BCUT2D eigenvalue weighted by Gasteiger charge is -2.40. The zero-order valence-electron chi connectivity index (χ0n) is 17.7. The van der Waals surface area contributed by atoms with Gasteiger partial charge in [0.2, 0.25) is 10.0 Å². The van der Waals surface area contributed by atoms with Crippen LogP contribution in [0.5, 0.6) is 0 Å². The predicted molar refractivity (Wildman–Crippen MR) is 113 cm³/mol. The molecule has 2 aromatic rings. The number of piperazine rings is 1. The highest BCUT2D eigenvalue weighted by molar-refractivity contribution is 7.89. The van der Waals surface area contributed by atoms with E-state index >= 15 is 0 Å². The molecule has 158 valence electrons. The van der Waals surface area contributed by atoms with E-state index in [9.17, 15) is 13.2 Å². The van der Waals surface area contributed by atoms with Crippen molar-refractivity contribution < 1.29 is 17.9 Å². The molecule has 1 atom stereocenters. The molecule has 1 aromatic heterocycles. The summed E-state index contributed by atoms with van der Waals surface area (Å²) < 4.78 is 33.4. The lowest BCUT2D eigenvalue weighted by Crippen LogP contribution is -2.53. The second-order valence-corrected chi connectivity index (χ2v) is 9.42. The second kappa shape index (κ2) is 8.20. The molecule has 0 unspecified atom stereocenters. The molecule has 8 heteroatoms. The fourth-order valence-corrected chi connectivity index (χ4v) is 5.91. The van der Waals surface area contributed by atoms with Crippen LogP contribution in [0.2, 0.25) is 0 Å². The summed E-state index contributed by atoms with van der Waals surface area (Å²) in [4.78, 5) is 17.5. The van der Waals surface area contributed by atoms with E-state index in [1.807, 2.05) is 26.0 Å². The van der Waals surface area contributed by atoms with E-state index in [0.29, 0.717) is 30.9 Å². The molecule has 1 aromatic carbocycles. The molecule has 0 aliphatic carbocycles. The fraction of sp³-hybridized carbons (Fsp3) is 0.476. The van der Waals surface area contributed by atoms with Gasteiger partial charge in [-0.1, -0.05) is 12.1 Å². The number of aryl methyl sites for hydroxylation is 2. The number of esters is 1. The second-order valence-electron chi connectivity index (χ2n) is 7.54. The molecule has 0 spiro atoms. The minimum Gasteiger partial charge on any atom is -0.461 e. The highest BCUT2D eigenvalue weighted by Crippen LogP contribution is 2.30. The number of H-pyrrole nitrogens is 1. The molecule has 2 heterocycles. The molecule has 0 radical (unpaired) electrons. The van der Waals surface area contributed by atoms with Crippen LogP contribution in [0.15, 0.2) is 29.2 Å². The van der Waals surface area contributed by atoms with Gasteiger partial charge >= 0.3 is 5.97 Å². The summed E-state index contributed by atoms with van der Waals surface area (Å²) in [7, 11) is -3.73. The van der Waals surface area contributed by atoms with Gasteiger partial charge in [-0.3, -0.25) is 0 Å². The highest BCUT2D eigenvalue weighted by Gasteiger charge is 2.36. The lowest BCUT2D eigenvalue weighted by atomic mass is 10.1. The molecular weight excluding hydrogens is 390 g/mol. The maximum atomic E-state index is 13.4. The van der Waals surface area contributed by atoms with Crippen molar-refractivity contribution in [1.82, 2.24) is 9.29 Å². The van der Waals surface area contributed by atoms with Crippen LogP contribution in [0.4, 0.5) is 5.69 Å². The van der Waals surface area contributed by atoms with Gasteiger partial charge in [-0.15, -0.1) is 0 Å². The summed E-state index contributed by atoms with van der Waals surface area (Å²) in [6, 6.07) is 8.27. The van der Waals surface area contributed by atoms with Gasteiger partial charge in [-0.25, -0.2) is 13.2 Å². The molecule has 1 N–H and O–H groups in total. The summed E-state index contributed by atoms with van der Waals surface area (Å²) in [6.45, 7) is 10.7. The third kappa shape index (κ3) is 4.04. The van der Waals surface area contributed by atoms with Crippen LogP contribution in [-0.2, 0) is 14.8 Å². The fourth-order valence-electron chi connectivity index (χ4n) is 3.99. The van der Waals surface area contributed by atoms with Gasteiger partial charge in [0.05, 0.1) is 6.61 Å². The average molecular weight is 420 g/mol. The third-order valence-corrected chi connectivity index (χ3v) is 7.51. The van der Waals surface area contributed by atoms with E-state index in [1.54, 1.807) is 20.8 Å². The quantitative estimate of drug-likeness (QED) is 0.754. The largest absolute Gasteiger partial charge is 0.461 e. The monoisotopic (exact) mass is 419 g/mol. The van der Waals surface area contributed by atoms with Crippen LogP contribution in [-0.4, -0.2) is 56.0 Å². The van der Waals surface area contributed by atoms with Gasteiger partial charge in [0, 0.05) is 42.6 Å². The molecule has 1 saturated heterocycles. The number of benzene rings is 1. The maximum Gasteiger partial charge on any atom is 0.355 e. The maximum absolute atomic E-state index is 13.4. The molecule has 0 saturated carbocycles. The number of ether oxygens (including phenoxy) is 1. The Morgan fingerprint density at radius 2 is 1.97 bits per heavy atom. The van der Waals surface area contributed by atoms with Crippen LogP contribution in [0.25, 0.3) is 0 Å². The first-order valence-corrected chi connectivity index (χ1v) is 11.3. The van der Waals surface area contributed by atoms with Crippen molar-refractivity contribution in [2.75, 3.05) is 31.1 Å². The van der Waals surface area contributed by atoms with Crippen molar-refractivity contribution in [1.29, 1.82) is 0 Å². The van der Waals surface area contributed by atoms with Crippen molar-refractivity contribution >= 4 is 21.7 Å². The van der Waals surface area contributed by atoms with E-state index in [2.05, 4.69) is 22.0 Å². The number of hydrogen-bond acceptors (Lipinski definition) is 5. The van der Waals surface area contributed by atoms with Crippen LogP contribution in [0.3, 0.4) is 0 Å². The molecule has 3 rings (SSSR count). The predicted octanol–water partition coefficient (Wildman–Crippen LogP) is 3.02. The summed E-state index contributed by atoms with van der Waals surface area (Å²) in [5.74, 6) is -0.535. The Kier molecular flexibility index (Phi) is 6.05. The lowest BCUT2D eigenvalue weighted by molar-refractivity contribution is 0.0519. The molecule has 1 aliphatic rings. The minimum absolute atomic E-state index is 0.0319. The van der Waals surface area contributed by atoms with E-state index in [-0.39, 0.29) is 23.2 Å². The summed E-state index contributed by atoms with van der Waals surface area (Å²) in [5, 5.41) is 0. The SMILES string of the molecule is CCOC(=O)c1[nH]c(C)c(S(=O)(=O)N2CCN(c3cccc(C)c3)[C@H](C)C2)c1C. The number of nitrogens with zero attached hydrogens (tertiary/aromatic N) is 2. The summed E-state index contributed by atoms with van der Waals surface area (Å²) in [5.41, 5.74) is 3.35. The number of aromatic amines is 1. The van der Waals surface area contributed by atoms with Crippen LogP contribution in [0.1, 0.15) is 41.2 Å². The Balaban J connectivity index is 1.86. The number of hydrogen-bond donors (Lipinski definition) is 1. The molecule has 29 heavy (non-hydrogen) atoms. The van der Waals surface area contributed by atoms with E-state index < -0.39 is 16.0 Å². The minimum atomic E-state index is -3.73. The Morgan fingerprint density at radius 3 is 2.59 bits per heavy atom. The van der Waals surface area contributed by atoms with Gasteiger partial charge in [0.1, 0.15) is 10.6 Å².